The Morgan fingerprint density at radius 2 is 1.96 bits per heavy atom. The van der Waals surface area contributed by atoms with Crippen molar-refractivity contribution < 1.29 is 13.9 Å². The summed E-state index contributed by atoms with van der Waals surface area (Å²) in [6.45, 7) is 11.7. The molecule has 0 saturated heterocycles. The van der Waals surface area contributed by atoms with Crippen molar-refractivity contribution in [2.45, 2.75) is 70.6 Å². The van der Waals surface area contributed by atoms with E-state index in [4.69, 9.17) is 9.15 Å². The van der Waals surface area contributed by atoms with Crippen molar-refractivity contribution in [3.05, 3.63) is 41.3 Å². The van der Waals surface area contributed by atoms with Gasteiger partial charge in [-0.1, -0.05) is 49.9 Å². The summed E-state index contributed by atoms with van der Waals surface area (Å²) < 4.78 is 11.2. The molecule has 0 spiro atoms. The lowest BCUT2D eigenvalue weighted by atomic mass is 10.0. The number of aryl methyl sites for hydroxylation is 1. The second-order valence-corrected chi connectivity index (χ2v) is 8.88. The highest BCUT2D eigenvalue weighted by atomic mass is 32.2. The highest BCUT2D eigenvalue weighted by molar-refractivity contribution is 7.98. The van der Waals surface area contributed by atoms with Crippen LogP contribution in [0.1, 0.15) is 64.1 Å². The first-order chi connectivity index (χ1) is 12.6. The molecule has 1 aromatic heterocycles. The van der Waals surface area contributed by atoms with Gasteiger partial charge in [-0.3, -0.25) is 0 Å². The molecule has 0 aliphatic rings. The van der Waals surface area contributed by atoms with Gasteiger partial charge in [-0.15, -0.1) is 10.2 Å². The molecule has 1 atom stereocenters. The van der Waals surface area contributed by atoms with E-state index in [0.29, 0.717) is 23.5 Å². The highest BCUT2D eigenvalue weighted by Gasteiger charge is 2.25. The number of aromatic nitrogens is 2. The minimum atomic E-state index is -0.560. The lowest BCUT2D eigenvalue weighted by Gasteiger charge is -2.22. The van der Waals surface area contributed by atoms with Crippen LogP contribution in [0.3, 0.4) is 0 Å². The zero-order chi connectivity index (χ0) is 20.0. The van der Waals surface area contributed by atoms with Gasteiger partial charge < -0.3 is 14.5 Å². The number of amides is 1. The minimum Gasteiger partial charge on any atom is -0.444 e. The first kappa shape index (κ1) is 21.3. The Kier molecular flexibility index (Phi) is 7.30. The van der Waals surface area contributed by atoms with Crippen LogP contribution in [0.2, 0.25) is 0 Å². The molecule has 0 aliphatic carbocycles. The smallest absolute Gasteiger partial charge is 0.408 e. The third kappa shape index (κ3) is 7.25. The molecule has 2 aromatic rings. The van der Waals surface area contributed by atoms with Crippen LogP contribution in [-0.4, -0.2) is 21.9 Å². The maximum absolute atomic E-state index is 12.2. The van der Waals surface area contributed by atoms with E-state index in [1.165, 1.54) is 22.9 Å². The molecule has 1 unspecified atom stereocenters. The van der Waals surface area contributed by atoms with Crippen LogP contribution < -0.4 is 5.32 Å². The third-order valence-corrected chi connectivity index (χ3v) is 4.60. The van der Waals surface area contributed by atoms with Gasteiger partial charge in [0.15, 0.2) is 0 Å². The number of nitrogens with zero attached hydrogens (tertiary/aromatic N) is 2. The van der Waals surface area contributed by atoms with Gasteiger partial charge in [-0.05, 0) is 51.2 Å². The van der Waals surface area contributed by atoms with E-state index >= 15 is 0 Å². The Morgan fingerprint density at radius 1 is 1.26 bits per heavy atom. The summed E-state index contributed by atoms with van der Waals surface area (Å²) in [5, 5.41) is 11.6. The predicted octanol–water partition coefficient (Wildman–Crippen LogP) is 5.28. The summed E-state index contributed by atoms with van der Waals surface area (Å²) in [6.07, 6.45) is 0.198. The summed E-state index contributed by atoms with van der Waals surface area (Å²) in [4.78, 5) is 12.2. The first-order valence-electron chi connectivity index (χ1n) is 9.14. The van der Waals surface area contributed by atoms with E-state index in [9.17, 15) is 4.79 Å². The van der Waals surface area contributed by atoms with Crippen molar-refractivity contribution in [1.82, 2.24) is 15.5 Å². The van der Waals surface area contributed by atoms with Gasteiger partial charge in [0.1, 0.15) is 11.6 Å². The number of rotatable bonds is 7. The van der Waals surface area contributed by atoms with Crippen LogP contribution in [-0.2, 0) is 10.5 Å². The quantitative estimate of drug-likeness (QED) is 0.647. The summed E-state index contributed by atoms with van der Waals surface area (Å²) in [5.74, 6) is 1.50. The van der Waals surface area contributed by atoms with Crippen molar-refractivity contribution in [1.29, 1.82) is 0 Å². The van der Waals surface area contributed by atoms with Gasteiger partial charge in [0.2, 0.25) is 5.89 Å². The average Bonchev–Trinajstić information content (AvgIpc) is 3.00. The molecule has 2 rings (SSSR count). The van der Waals surface area contributed by atoms with Gasteiger partial charge in [-0.25, -0.2) is 4.79 Å². The van der Waals surface area contributed by atoms with Gasteiger partial charge in [0.05, 0.1) is 0 Å². The Hall–Kier alpha value is -2.02. The summed E-state index contributed by atoms with van der Waals surface area (Å²) in [5.41, 5.74) is 1.90. The predicted molar refractivity (Wildman–Crippen MR) is 107 cm³/mol. The molecule has 0 fully saturated rings. The van der Waals surface area contributed by atoms with Crippen LogP contribution in [0.4, 0.5) is 4.79 Å². The Labute approximate surface area is 165 Å². The van der Waals surface area contributed by atoms with Crippen molar-refractivity contribution in [3.63, 3.8) is 0 Å². The second kappa shape index (κ2) is 9.26. The largest absolute Gasteiger partial charge is 0.444 e. The maximum Gasteiger partial charge on any atom is 0.408 e. The summed E-state index contributed by atoms with van der Waals surface area (Å²) in [6, 6.07) is 7.84. The maximum atomic E-state index is 12.2. The number of hydrogen-bond acceptors (Lipinski definition) is 6. The number of thioether (sulfide) groups is 1. The van der Waals surface area contributed by atoms with E-state index in [1.807, 2.05) is 32.9 Å². The number of nitrogens with one attached hydrogen (secondary N) is 1. The number of ether oxygens (including phenoxy) is 1. The van der Waals surface area contributed by atoms with Crippen molar-refractivity contribution in [3.8, 4) is 0 Å². The first-order valence-corrected chi connectivity index (χ1v) is 10.1. The molecule has 7 heteroatoms. The number of benzene rings is 1. The summed E-state index contributed by atoms with van der Waals surface area (Å²) in [7, 11) is 0. The van der Waals surface area contributed by atoms with Gasteiger partial charge in [0.25, 0.3) is 5.22 Å². The van der Waals surface area contributed by atoms with Crippen LogP contribution in [0.15, 0.2) is 33.9 Å². The Balaban J connectivity index is 2.04. The molecule has 6 nitrogen and oxygen atoms in total. The van der Waals surface area contributed by atoms with Crippen LogP contribution in [0.25, 0.3) is 0 Å². The van der Waals surface area contributed by atoms with Gasteiger partial charge in [0, 0.05) is 5.75 Å². The molecule has 1 amide bonds. The number of hydrogen-bond donors (Lipinski definition) is 1. The molecule has 1 aromatic carbocycles. The zero-order valence-electron chi connectivity index (χ0n) is 16.9. The lowest BCUT2D eigenvalue weighted by Crippen LogP contribution is -2.35. The summed E-state index contributed by atoms with van der Waals surface area (Å²) >= 11 is 1.49. The van der Waals surface area contributed by atoms with Crippen molar-refractivity contribution in [2.75, 3.05) is 0 Å². The molecule has 0 saturated carbocycles. The van der Waals surface area contributed by atoms with Crippen LogP contribution in [0.5, 0.6) is 0 Å². The topological polar surface area (TPSA) is 77.2 Å². The van der Waals surface area contributed by atoms with Crippen LogP contribution in [0, 0.1) is 12.8 Å². The standard InChI is InChI=1S/C20H29N3O3S/c1-13(2)11-16(21-18(24)26-20(4,5)6)17-22-23-19(25-17)27-12-15-10-8-7-9-14(15)3/h7-10,13,16H,11-12H2,1-6H3,(H,21,24). The van der Waals surface area contributed by atoms with Crippen molar-refractivity contribution in [2.24, 2.45) is 5.92 Å². The van der Waals surface area contributed by atoms with E-state index in [0.717, 1.165) is 5.75 Å². The highest BCUT2D eigenvalue weighted by Crippen LogP contribution is 2.27. The number of alkyl carbamates (subject to hydrolysis) is 1. The SMILES string of the molecule is Cc1ccccc1CSc1nnc(C(CC(C)C)NC(=O)OC(C)(C)C)o1. The zero-order valence-corrected chi connectivity index (χ0v) is 17.7. The normalized spacial score (nSPS) is 12.9. The average molecular weight is 392 g/mol. The molecule has 0 aliphatic heterocycles. The van der Waals surface area contributed by atoms with Gasteiger partial charge >= 0.3 is 6.09 Å². The third-order valence-electron chi connectivity index (χ3n) is 3.73. The molecular weight excluding hydrogens is 362 g/mol. The molecule has 1 N–H and O–H groups in total. The molecular formula is C20H29N3O3S. The fourth-order valence-electron chi connectivity index (χ4n) is 2.47. The molecule has 0 radical (unpaired) electrons. The van der Waals surface area contributed by atoms with Crippen LogP contribution >= 0.6 is 11.8 Å². The Morgan fingerprint density at radius 3 is 2.59 bits per heavy atom. The van der Waals surface area contributed by atoms with E-state index < -0.39 is 11.7 Å². The monoisotopic (exact) mass is 391 g/mol. The number of carbonyl (C=O) groups excluding carboxylic acids is 1. The second-order valence-electron chi connectivity index (χ2n) is 7.95. The molecule has 1 heterocycles. The molecule has 148 valence electrons. The van der Waals surface area contributed by atoms with Gasteiger partial charge in [-0.2, -0.15) is 0 Å². The van der Waals surface area contributed by atoms with E-state index in [-0.39, 0.29) is 6.04 Å². The molecule has 27 heavy (non-hydrogen) atoms. The fraction of sp³-hybridized carbons (Fsp3) is 0.550. The van der Waals surface area contributed by atoms with E-state index in [1.54, 1.807) is 0 Å². The fourth-order valence-corrected chi connectivity index (χ4v) is 3.32. The van der Waals surface area contributed by atoms with E-state index in [2.05, 4.69) is 48.4 Å². The number of carbonyl (C=O) groups is 1. The lowest BCUT2D eigenvalue weighted by molar-refractivity contribution is 0.0487. The minimum absolute atomic E-state index is 0.347. The Bertz CT molecular complexity index is 753. The van der Waals surface area contributed by atoms with Crippen molar-refractivity contribution >= 4 is 17.9 Å². The molecule has 0 bridgehead atoms.